The number of thiophene rings is 1. The average molecular weight is 355 g/mol. The Labute approximate surface area is 152 Å². The number of nitrogens with one attached hydrogen (secondary N) is 2. The van der Waals surface area contributed by atoms with E-state index in [-0.39, 0.29) is 5.91 Å². The van der Waals surface area contributed by atoms with E-state index in [1.54, 1.807) is 17.6 Å². The monoisotopic (exact) mass is 355 g/mol. The van der Waals surface area contributed by atoms with E-state index in [0.29, 0.717) is 13.1 Å². The van der Waals surface area contributed by atoms with Gasteiger partial charge in [-0.3, -0.25) is 4.79 Å². The minimum atomic E-state index is 0.0202. The molecule has 1 atom stereocenters. The number of carbonyl (C=O) groups excluding carboxylic acids is 1. The molecular weight excluding hydrogens is 332 g/mol. The lowest BCUT2D eigenvalue weighted by Crippen LogP contribution is -3.10. The number of rotatable bonds is 7. The average Bonchev–Trinajstić information content (AvgIpc) is 3.26. The fourth-order valence-electron chi connectivity index (χ4n) is 2.81. The van der Waals surface area contributed by atoms with Gasteiger partial charge in [-0.05, 0) is 54.6 Å². The topological polar surface area (TPSA) is 46.7 Å². The lowest BCUT2D eigenvalue weighted by atomic mass is 10.1. The Kier molecular flexibility index (Phi) is 5.68. The van der Waals surface area contributed by atoms with Crippen molar-refractivity contribution >= 4 is 22.9 Å². The van der Waals surface area contributed by atoms with Gasteiger partial charge in [0.05, 0.1) is 11.1 Å². The molecule has 1 amide bonds. The largest absolute Gasteiger partial charge is 0.463 e. The fraction of sp³-hybridized carbons (Fsp3) is 0.250. The van der Waals surface area contributed by atoms with Crippen molar-refractivity contribution in [2.24, 2.45) is 0 Å². The van der Waals surface area contributed by atoms with Crippen LogP contribution in [0.15, 0.2) is 58.5 Å². The second kappa shape index (κ2) is 8.14. The number of hydrogen-bond donors (Lipinski definition) is 2. The number of quaternary nitrogens is 1. The van der Waals surface area contributed by atoms with E-state index in [4.69, 9.17) is 4.42 Å². The van der Waals surface area contributed by atoms with Crippen molar-refractivity contribution < 1.29 is 14.1 Å². The van der Waals surface area contributed by atoms with Gasteiger partial charge in [-0.1, -0.05) is 18.2 Å². The molecule has 0 bridgehead atoms. The maximum Gasteiger partial charge on any atom is 0.279 e. The quantitative estimate of drug-likeness (QED) is 0.684. The molecule has 0 fully saturated rings. The SMILES string of the molecule is Cc1cccc(NC(=O)C[NH+](Cc2ccco2)Cc2cccs2)c1C. The Morgan fingerprint density at radius 3 is 2.72 bits per heavy atom. The van der Waals surface area contributed by atoms with Crippen LogP contribution in [0.3, 0.4) is 0 Å². The first-order chi connectivity index (χ1) is 12.1. The Morgan fingerprint density at radius 2 is 2.00 bits per heavy atom. The first-order valence-corrected chi connectivity index (χ1v) is 9.24. The van der Waals surface area contributed by atoms with Gasteiger partial charge in [-0.25, -0.2) is 0 Å². The van der Waals surface area contributed by atoms with E-state index in [0.717, 1.165) is 28.5 Å². The molecule has 0 aliphatic carbocycles. The molecule has 3 rings (SSSR count). The van der Waals surface area contributed by atoms with Gasteiger partial charge in [0.15, 0.2) is 12.3 Å². The fourth-order valence-corrected chi connectivity index (χ4v) is 3.59. The molecule has 2 heterocycles. The summed E-state index contributed by atoms with van der Waals surface area (Å²) in [7, 11) is 0. The first-order valence-electron chi connectivity index (χ1n) is 8.36. The lowest BCUT2D eigenvalue weighted by Gasteiger charge is -2.18. The third kappa shape index (κ3) is 4.81. The first kappa shape index (κ1) is 17.5. The summed E-state index contributed by atoms with van der Waals surface area (Å²) in [6.45, 7) is 5.97. The molecule has 1 aromatic carbocycles. The zero-order valence-corrected chi connectivity index (χ0v) is 15.4. The normalized spacial score (nSPS) is 12.1. The highest BCUT2D eigenvalue weighted by Crippen LogP contribution is 2.17. The molecule has 25 heavy (non-hydrogen) atoms. The molecule has 3 aromatic rings. The minimum absolute atomic E-state index is 0.0202. The van der Waals surface area contributed by atoms with Crippen LogP contribution in [0.1, 0.15) is 21.8 Å². The number of furan rings is 1. The molecule has 5 heteroatoms. The smallest absolute Gasteiger partial charge is 0.279 e. The van der Waals surface area contributed by atoms with E-state index in [9.17, 15) is 4.79 Å². The zero-order valence-electron chi connectivity index (χ0n) is 14.5. The highest BCUT2D eigenvalue weighted by atomic mass is 32.1. The van der Waals surface area contributed by atoms with Crippen LogP contribution in [0.2, 0.25) is 0 Å². The zero-order chi connectivity index (χ0) is 17.6. The number of carbonyl (C=O) groups is 1. The highest BCUT2D eigenvalue weighted by Gasteiger charge is 2.18. The van der Waals surface area contributed by atoms with Crippen LogP contribution in [0.25, 0.3) is 0 Å². The summed E-state index contributed by atoms with van der Waals surface area (Å²) in [6, 6.07) is 14.0. The van der Waals surface area contributed by atoms with Gasteiger partial charge in [0, 0.05) is 5.69 Å². The van der Waals surface area contributed by atoms with Crippen molar-refractivity contribution in [2.75, 3.05) is 11.9 Å². The summed E-state index contributed by atoms with van der Waals surface area (Å²) in [4.78, 5) is 15.0. The van der Waals surface area contributed by atoms with Crippen LogP contribution in [-0.4, -0.2) is 12.5 Å². The molecule has 0 aliphatic rings. The van der Waals surface area contributed by atoms with E-state index < -0.39 is 0 Å². The van der Waals surface area contributed by atoms with Crippen molar-refractivity contribution in [1.29, 1.82) is 0 Å². The van der Waals surface area contributed by atoms with Gasteiger partial charge >= 0.3 is 0 Å². The highest BCUT2D eigenvalue weighted by molar-refractivity contribution is 7.09. The molecule has 2 N–H and O–H groups in total. The van der Waals surface area contributed by atoms with E-state index in [1.165, 1.54) is 10.4 Å². The second-order valence-electron chi connectivity index (χ2n) is 6.23. The molecule has 0 saturated heterocycles. The van der Waals surface area contributed by atoms with Crippen molar-refractivity contribution in [2.45, 2.75) is 26.9 Å². The summed E-state index contributed by atoms with van der Waals surface area (Å²) in [6.07, 6.45) is 1.67. The third-order valence-corrected chi connectivity index (χ3v) is 5.17. The van der Waals surface area contributed by atoms with Gasteiger partial charge < -0.3 is 14.6 Å². The standard InChI is InChI=1S/C20H22N2O2S/c1-15-6-3-9-19(16(15)2)21-20(23)14-22(12-17-7-4-10-24-17)13-18-8-5-11-25-18/h3-11H,12-14H2,1-2H3,(H,21,23)/p+1. The Bertz CT molecular complexity index is 774. The summed E-state index contributed by atoms with van der Waals surface area (Å²) < 4.78 is 5.47. The van der Waals surface area contributed by atoms with Crippen molar-refractivity contribution in [3.63, 3.8) is 0 Å². The second-order valence-corrected chi connectivity index (χ2v) is 7.27. The van der Waals surface area contributed by atoms with E-state index >= 15 is 0 Å². The van der Waals surface area contributed by atoms with Gasteiger partial charge in [-0.15, -0.1) is 11.3 Å². The molecule has 0 aliphatic heterocycles. The van der Waals surface area contributed by atoms with Gasteiger partial charge in [0.1, 0.15) is 13.1 Å². The summed E-state index contributed by atoms with van der Waals surface area (Å²) in [5, 5.41) is 5.12. The summed E-state index contributed by atoms with van der Waals surface area (Å²) in [5.41, 5.74) is 3.18. The molecular formula is C20H23N2O2S+. The molecule has 4 nitrogen and oxygen atoms in total. The van der Waals surface area contributed by atoms with Crippen molar-refractivity contribution in [3.8, 4) is 0 Å². The van der Waals surface area contributed by atoms with Crippen LogP contribution in [0.4, 0.5) is 5.69 Å². The molecule has 0 saturated carbocycles. The minimum Gasteiger partial charge on any atom is -0.463 e. The lowest BCUT2D eigenvalue weighted by molar-refractivity contribution is -0.920. The van der Waals surface area contributed by atoms with Crippen LogP contribution < -0.4 is 10.2 Å². The van der Waals surface area contributed by atoms with Crippen LogP contribution in [-0.2, 0) is 17.9 Å². The summed E-state index contributed by atoms with van der Waals surface area (Å²) >= 11 is 1.72. The third-order valence-electron chi connectivity index (χ3n) is 4.30. The van der Waals surface area contributed by atoms with Gasteiger partial charge in [-0.2, -0.15) is 0 Å². The number of anilines is 1. The number of hydrogen-bond acceptors (Lipinski definition) is 3. The van der Waals surface area contributed by atoms with Gasteiger partial charge in [0.2, 0.25) is 0 Å². The molecule has 0 spiro atoms. The van der Waals surface area contributed by atoms with Gasteiger partial charge in [0.25, 0.3) is 5.91 Å². The van der Waals surface area contributed by atoms with Crippen LogP contribution in [0, 0.1) is 13.8 Å². The van der Waals surface area contributed by atoms with E-state index in [2.05, 4.69) is 29.8 Å². The van der Waals surface area contributed by atoms with Crippen molar-refractivity contribution in [3.05, 3.63) is 75.9 Å². The van der Waals surface area contributed by atoms with Crippen LogP contribution >= 0.6 is 11.3 Å². The Balaban J connectivity index is 1.68. The number of amides is 1. The van der Waals surface area contributed by atoms with Crippen LogP contribution in [0.5, 0.6) is 0 Å². The van der Waals surface area contributed by atoms with E-state index in [1.807, 2.05) is 37.3 Å². The molecule has 2 aromatic heterocycles. The Hall–Kier alpha value is -2.37. The summed E-state index contributed by atoms with van der Waals surface area (Å²) in [5.74, 6) is 0.915. The number of benzene rings is 1. The maximum atomic E-state index is 12.6. The molecule has 1 unspecified atom stereocenters. The Morgan fingerprint density at radius 1 is 1.12 bits per heavy atom. The predicted octanol–water partition coefficient (Wildman–Crippen LogP) is 3.18. The number of aryl methyl sites for hydroxylation is 1. The predicted molar refractivity (Wildman–Crippen MR) is 101 cm³/mol. The molecule has 130 valence electrons. The maximum absolute atomic E-state index is 12.6. The molecule has 0 radical (unpaired) electrons. The van der Waals surface area contributed by atoms with Crippen molar-refractivity contribution in [1.82, 2.24) is 0 Å².